The molecule has 2 fully saturated rings. The summed E-state index contributed by atoms with van der Waals surface area (Å²) in [6.45, 7) is 1.54. The fourth-order valence-electron chi connectivity index (χ4n) is 4.55. The average Bonchev–Trinajstić information content (AvgIpc) is 3.13. The molecule has 0 amide bonds. The van der Waals surface area contributed by atoms with Gasteiger partial charge in [-0.1, -0.05) is 24.6 Å². The molecule has 0 radical (unpaired) electrons. The van der Waals surface area contributed by atoms with Crippen molar-refractivity contribution in [2.75, 3.05) is 0 Å². The molecule has 4 rings (SSSR count). The molecule has 102 valence electrons. The van der Waals surface area contributed by atoms with Crippen LogP contribution in [0.3, 0.4) is 0 Å². The number of ether oxygens (including phenoxy) is 1. The van der Waals surface area contributed by atoms with Gasteiger partial charge in [-0.05, 0) is 60.1 Å². The number of hydrogen-bond acceptors (Lipinski definition) is 2. The van der Waals surface area contributed by atoms with E-state index in [9.17, 15) is 0 Å². The van der Waals surface area contributed by atoms with E-state index in [1.54, 1.807) is 0 Å². The fraction of sp³-hybridized carbons (Fsp3) is 0.647. The van der Waals surface area contributed by atoms with Gasteiger partial charge < -0.3 is 10.5 Å². The molecule has 4 unspecified atom stereocenters. The molecular formula is C17H23NO. The zero-order valence-corrected chi connectivity index (χ0v) is 11.5. The Hall–Kier alpha value is -0.860. The van der Waals surface area contributed by atoms with Crippen molar-refractivity contribution in [3.8, 4) is 0 Å². The highest BCUT2D eigenvalue weighted by atomic mass is 16.5. The summed E-state index contributed by atoms with van der Waals surface area (Å²) >= 11 is 0. The third kappa shape index (κ3) is 2.11. The van der Waals surface area contributed by atoms with Crippen molar-refractivity contribution >= 4 is 0 Å². The van der Waals surface area contributed by atoms with Crippen LogP contribution in [0.5, 0.6) is 0 Å². The molecule has 2 heteroatoms. The quantitative estimate of drug-likeness (QED) is 0.899. The number of fused-ring (bicyclic) bond motifs is 3. The molecule has 2 nitrogen and oxygen atoms in total. The summed E-state index contributed by atoms with van der Waals surface area (Å²) < 4.78 is 5.48. The van der Waals surface area contributed by atoms with E-state index in [0.717, 1.165) is 31.0 Å². The molecule has 2 bridgehead atoms. The largest absolute Gasteiger partial charge is 0.372 e. The third-order valence-corrected chi connectivity index (χ3v) is 5.61. The van der Waals surface area contributed by atoms with Gasteiger partial charge in [0.25, 0.3) is 0 Å². The van der Waals surface area contributed by atoms with Crippen LogP contribution in [0.2, 0.25) is 0 Å². The standard InChI is InChI=1S/C17H23NO/c18-17(8-15-6-11-1-2-12(15)5-11)13-3-4-14-9-19-10-16(14)7-13/h3-4,7,11-12,15,17H,1-2,5-6,8-10,18H2. The first-order valence-corrected chi connectivity index (χ1v) is 7.74. The highest BCUT2D eigenvalue weighted by Gasteiger charge is 2.39. The highest BCUT2D eigenvalue weighted by Crippen LogP contribution is 2.50. The lowest BCUT2D eigenvalue weighted by atomic mass is 9.83. The number of hydrogen-bond donors (Lipinski definition) is 1. The maximum atomic E-state index is 6.46. The van der Waals surface area contributed by atoms with Gasteiger partial charge in [-0.3, -0.25) is 0 Å². The van der Waals surface area contributed by atoms with Crippen molar-refractivity contribution < 1.29 is 4.74 Å². The summed E-state index contributed by atoms with van der Waals surface area (Å²) in [5, 5.41) is 0. The Balaban J connectivity index is 1.47. The lowest BCUT2D eigenvalue weighted by Gasteiger charge is -2.25. The maximum Gasteiger partial charge on any atom is 0.0725 e. The molecule has 19 heavy (non-hydrogen) atoms. The van der Waals surface area contributed by atoms with Crippen LogP contribution in [-0.2, 0) is 18.0 Å². The molecule has 3 aliphatic rings. The van der Waals surface area contributed by atoms with Gasteiger partial charge in [0.1, 0.15) is 0 Å². The average molecular weight is 257 g/mol. The minimum atomic E-state index is 0.218. The Labute approximate surface area is 115 Å². The smallest absolute Gasteiger partial charge is 0.0725 e. The molecule has 0 saturated heterocycles. The van der Waals surface area contributed by atoms with Crippen LogP contribution in [0.25, 0.3) is 0 Å². The summed E-state index contributed by atoms with van der Waals surface area (Å²) in [6, 6.07) is 6.92. The van der Waals surface area contributed by atoms with Gasteiger partial charge in [0.05, 0.1) is 13.2 Å². The molecule has 1 aliphatic heterocycles. The molecule has 1 heterocycles. The van der Waals surface area contributed by atoms with Gasteiger partial charge in [-0.15, -0.1) is 0 Å². The van der Waals surface area contributed by atoms with Crippen molar-refractivity contribution in [2.45, 2.75) is 51.4 Å². The van der Waals surface area contributed by atoms with Gasteiger partial charge in [-0.25, -0.2) is 0 Å². The first kappa shape index (κ1) is 11.9. The number of nitrogens with two attached hydrogens (primary N) is 1. The second-order valence-electron chi connectivity index (χ2n) is 6.80. The van der Waals surface area contributed by atoms with Gasteiger partial charge in [0, 0.05) is 6.04 Å². The molecule has 2 aliphatic carbocycles. The summed E-state index contributed by atoms with van der Waals surface area (Å²) in [5.41, 5.74) is 10.5. The predicted octanol–water partition coefficient (Wildman–Crippen LogP) is 3.54. The van der Waals surface area contributed by atoms with Gasteiger partial charge in [-0.2, -0.15) is 0 Å². The van der Waals surface area contributed by atoms with E-state index in [2.05, 4.69) is 18.2 Å². The minimum absolute atomic E-state index is 0.218. The maximum absolute atomic E-state index is 6.46. The van der Waals surface area contributed by atoms with E-state index in [-0.39, 0.29) is 6.04 Å². The van der Waals surface area contributed by atoms with Crippen LogP contribution in [0, 0.1) is 17.8 Å². The van der Waals surface area contributed by atoms with Crippen molar-refractivity contribution in [1.29, 1.82) is 0 Å². The Morgan fingerprint density at radius 2 is 2.05 bits per heavy atom. The van der Waals surface area contributed by atoms with Crippen molar-refractivity contribution in [3.63, 3.8) is 0 Å². The van der Waals surface area contributed by atoms with Crippen LogP contribution < -0.4 is 5.73 Å². The van der Waals surface area contributed by atoms with E-state index < -0.39 is 0 Å². The summed E-state index contributed by atoms with van der Waals surface area (Å²) in [4.78, 5) is 0. The monoisotopic (exact) mass is 257 g/mol. The van der Waals surface area contributed by atoms with Crippen LogP contribution in [0.1, 0.15) is 54.8 Å². The zero-order valence-electron chi connectivity index (χ0n) is 11.5. The Morgan fingerprint density at radius 3 is 2.84 bits per heavy atom. The number of benzene rings is 1. The lowest BCUT2D eigenvalue weighted by molar-refractivity contribution is 0.134. The second kappa shape index (κ2) is 4.60. The molecule has 1 aromatic carbocycles. The lowest BCUT2D eigenvalue weighted by Crippen LogP contribution is -2.19. The minimum Gasteiger partial charge on any atom is -0.372 e. The Morgan fingerprint density at radius 1 is 1.16 bits per heavy atom. The van der Waals surface area contributed by atoms with Crippen molar-refractivity contribution in [2.24, 2.45) is 23.5 Å². The van der Waals surface area contributed by atoms with Crippen LogP contribution in [-0.4, -0.2) is 0 Å². The van der Waals surface area contributed by atoms with Gasteiger partial charge in [0.2, 0.25) is 0 Å². The first-order chi connectivity index (χ1) is 9.29. The van der Waals surface area contributed by atoms with Gasteiger partial charge in [0.15, 0.2) is 0 Å². The molecule has 1 aromatic rings. The fourth-order valence-corrected chi connectivity index (χ4v) is 4.55. The van der Waals surface area contributed by atoms with E-state index in [0.29, 0.717) is 0 Å². The SMILES string of the molecule is NC(CC1CC2CCC1C2)c1ccc2c(c1)COC2. The first-order valence-electron chi connectivity index (χ1n) is 7.74. The van der Waals surface area contributed by atoms with Crippen LogP contribution in [0.4, 0.5) is 0 Å². The third-order valence-electron chi connectivity index (χ3n) is 5.61. The van der Waals surface area contributed by atoms with E-state index >= 15 is 0 Å². The Kier molecular flexibility index (Phi) is 2.89. The molecule has 4 atom stereocenters. The molecule has 0 aromatic heterocycles. The summed E-state index contributed by atoms with van der Waals surface area (Å²) in [6.07, 6.45) is 7.04. The Bertz CT molecular complexity index is 484. The summed E-state index contributed by atoms with van der Waals surface area (Å²) in [5.74, 6) is 2.89. The molecule has 0 spiro atoms. The number of rotatable bonds is 3. The zero-order chi connectivity index (χ0) is 12.8. The molecule has 2 saturated carbocycles. The second-order valence-corrected chi connectivity index (χ2v) is 6.80. The predicted molar refractivity (Wildman–Crippen MR) is 75.4 cm³/mol. The van der Waals surface area contributed by atoms with Crippen LogP contribution in [0.15, 0.2) is 18.2 Å². The summed E-state index contributed by atoms with van der Waals surface area (Å²) in [7, 11) is 0. The molecule has 2 N–H and O–H groups in total. The van der Waals surface area contributed by atoms with E-state index in [4.69, 9.17) is 10.5 Å². The topological polar surface area (TPSA) is 35.2 Å². The van der Waals surface area contributed by atoms with Crippen LogP contribution >= 0.6 is 0 Å². The normalized spacial score (nSPS) is 33.6. The van der Waals surface area contributed by atoms with E-state index in [1.807, 2.05) is 0 Å². The van der Waals surface area contributed by atoms with Crippen molar-refractivity contribution in [3.05, 3.63) is 34.9 Å². The van der Waals surface area contributed by atoms with Crippen molar-refractivity contribution in [1.82, 2.24) is 0 Å². The molecular weight excluding hydrogens is 234 g/mol. The van der Waals surface area contributed by atoms with Gasteiger partial charge >= 0.3 is 0 Å². The van der Waals surface area contributed by atoms with E-state index in [1.165, 1.54) is 48.8 Å². The highest BCUT2D eigenvalue weighted by molar-refractivity contribution is 5.34.